The summed E-state index contributed by atoms with van der Waals surface area (Å²) in [7, 11) is 0. The van der Waals surface area contributed by atoms with Crippen molar-refractivity contribution in [3.05, 3.63) is 84.4 Å². The van der Waals surface area contributed by atoms with Crippen LogP contribution in [0.3, 0.4) is 0 Å². The van der Waals surface area contributed by atoms with Crippen LogP contribution in [0, 0.1) is 6.92 Å². The second-order valence-corrected chi connectivity index (χ2v) is 5.40. The van der Waals surface area contributed by atoms with Gasteiger partial charge in [-0.25, -0.2) is 4.99 Å². The lowest BCUT2D eigenvalue weighted by molar-refractivity contribution is 0.483. The van der Waals surface area contributed by atoms with E-state index in [-0.39, 0.29) is 0 Å². The lowest BCUT2D eigenvalue weighted by atomic mass is 10.2. The molecular formula is C20H19N3O. The minimum atomic E-state index is 0.331. The number of guanidine groups is 1. The molecule has 0 unspecified atom stereocenters. The van der Waals surface area contributed by atoms with Crippen LogP contribution >= 0.6 is 0 Å². The Morgan fingerprint density at radius 3 is 2.42 bits per heavy atom. The average molecular weight is 317 g/mol. The molecule has 0 atom stereocenters. The van der Waals surface area contributed by atoms with E-state index >= 15 is 0 Å². The maximum absolute atomic E-state index is 5.99. The first-order chi connectivity index (χ1) is 11.7. The predicted molar refractivity (Wildman–Crippen MR) is 99.0 cm³/mol. The van der Waals surface area contributed by atoms with Crippen molar-refractivity contribution in [1.82, 2.24) is 0 Å². The van der Waals surface area contributed by atoms with E-state index in [0.29, 0.717) is 11.7 Å². The van der Waals surface area contributed by atoms with Crippen molar-refractivity contribution < 1.29 is 4.74 Å². The van der Waals surface area contributed by atoms with Gasteiger partial charge in [-0.1, -0.05) is 36.4 Å². The van der Waals surface area contributed by atoms with Crippen molar-refractivity contribution in [1.29, 1.82) is 0 Å². The van der Waals surface area contributed by atoms with E-state index in [1.807, 2.05) is 85.8 Å². The van der Waals surface area contributed by atoms with Crippen molar-refractivity contribution >= 4 is 17.3 Å². The average Bonchev–Trinajstić information content (AvgIpc) is 2.56. The number of para-hydroxylation sites is 1. The Hall–Kier alpha value is -3.27. The molecule has 0 aromatic heterocycles. The summed E-state index contributed by atoms with van der Waals surface area (Å²) in [5.41, 5.74) is 8.78. The molecule has 0 aliphatic heterocycles. The number of rotatable bonds is 4. The molecule has 24 heavy (non-hydrogen) atoms. The van der Waals surface area contributed by atoms with Gasteiger partial charge in [0.15, 0.2) is 5.96 Å². The monoisotopic (exact) mass is 317 g/mol. The van der Waals surface area contributed by atoms with E-state index < -0.39 is 0 Å². The molecule has 0 amide bonds. The van der Waals surface area contributed by atoms with Gasteiger partial charge in [0.05, 0.1) is 5.69 Å². The third kappa shape index (κ3) is 4.36. The lowest BCUT2D eigenvalue weighted by Gasteiger charge is -2.08. The third-order valence-corrected chi connectivity index (χ3v) is 3.34. The molecule has 0 saturated heterocycles. The molecule has 3 aromatic rings. The lowest BCUT2D eigenvalue weighted by Crippen LogP contribution is -2.21. The number of ether oxygens (including phenoxy) is 1. The molecule has 120 valence electrons. The Kier molecular flexibility index (Phi) is 4.77. The van der Waals surface area contributed by atoms with Gasteiger partial charge in [-0.05, 0) is 48.9 Å². The van der Waals surface area contributed by atoms with Crippen molar-refractivity contribution in [2.45, 2.75) is 6.92 Å². The Balaban J connectivity index is 1.73. The van der Waals surface area contributed by atoms with Gasteiger partial charge in [0.2, 0.25) is 0 Å². The van der Waals surface area contributed by atoms with Crippen LogP contribution in [0.1, 0.15) is 5.56 Å². The molecule has 3 aromatic carbocycles. The fraction of sp³-hybridized carbons (Fsp3) is 0.0500. The Morgan fingerprint density at radius 1 is 0.875 bits per heavy atom. The second-order valence-electron chi connectivity index (χ2n) is 5.40. The van der Waals surface area contributed by atoms with E-state index in [1.54, 1.807) is 0 Å². The molecule has 0 heterocycles. The number of benzene rings is 3. The zero-order valence-corrected chi connectivity index (χ0v) is 13.4. The van der Waals surface area contributed by atoms with Gasteiger partial charge >= 0.3 is 0 Å². The standard InChI is InChI=1S/C20H19N3O/c1-15-7-5-8-16(13-15)22-20(21)23-17-9-6-12-19(14-17)24-18-10-3-2-4-11-18/h2-14H,1H3,(H3,21,22,23). The largest absolute Gasteiger partial charge is 0.457 e. The zero-order valence-electron chi connectivity index (χ0n) is 13.4. The van der Waals surface area contributed by atoms with Gasteiger partial charge in [0.1, 0.15) is 11.5 Å². The number of aryl methyl sites for hydroxylation is 1. The quantitative estimate of drug-likeness (QED) is 0.534. The third-order valence-electron chi connectivity index (χ3n) is 3.34. The summed E-state index contributed by atoms with van der Waals surface area (Å²) in [6.07, 6.45) is 0. The first kappa shape index (κ1) is 15.6. The summed E-state index contributed by atoms with van der Waals surface area (Å²) in [5, 5.41) is 3.09. The van der Waals surface area contributed by atoms with Crippen LogP contribution in [0.25, 0.3) is 0 Å². The molecule has 0 fully saturated rings. The van der Waals surface area contributed by atoms with Crippen LogP contribution in [0.4, 0.5) is 11.4 Å². The van der Waals surface area contributed by atoms with Gasteiger partial charge in [-0.15, -0.1) is 0 Å². The zero-order chi connectivity index (χ0) is 16.8. The van der Waals surface area contributed by atoms with E-state index in [9.17, 15) is 0 Å². The summed E-state index contributed by atoms with van der Waals surface area (Å²) in [5.74, 6) is 1.83. The second kappa shape index (κ2) is 7.33. The Morgan fingerprint density at radius 2 is 1.62 bits per heavy atom. The van der Waals surface area contributed by atoms with Crippen molar-refractivity contribution in [2.24, 2.45) is 10.7 Å². The summed E-state index contributed by atoms with van der Waals surface area (Å²) < 4.78 is 5.80. The summed E-state index contributed by atoms with van der Waals surface area (Å²) in [6, 6.07) is 25.1. The van der Waals surface area contributed by atoms with E-state index in [1.165, 1.54) is 0 Å². The van der Waals surface area contributed by atoms with Crippen molar-refractivity contribution in [2.75, 3.05) is 5.32 Å². The number of nitrogens with one attached hydrogen (secondary N) is 1. The Labute approximate surface area is 141 Å². The highest BCUT2D eigenvalue weighted by Gasteiger charge is 2.00. The number of hydrogen-bond donors (Lipinski definition) is 2. The predicted octanol–water partition coefficient (Wildman–Crippen LogP) is 4.85. The molecule has 0 aliphatic rings. The highest BCUT2D eigenvalue weighted by atomic mass is 16.5. The van der Waals surface area contributed by atoms with Gasteiger partial charge < -0.3 is 15.8 Å². The number of anilines is 1. The summed E-state index contributed by atoms with van der Waals surface area (Å²) in [6.45, 7) is 2.03. The van der Waals surface area contributed by atoms with Crippen LogP contribution in [0.5, 0.6) is 11.5 Å². The molecular weight excluding hydrogens is 298 g/mol. The number of nitrogens with two attached hydrogens (primary N) is 1. The summed E-state index contributed by atoms with van der Waals surface area (Å²) in [4.78, 5) is 4.39. The van der Waals surface area contributed by atoms with Crippen LogP contribution in [-0.4, -0.2) is 5.96 Å². The van der Waals surface area contributed by atoms with Crippen LogP contribution in [-0.2, 0) is 0 Å². The topological polar surface area (TPSA) is 59.6 Å². The molecule has 4 heteroatoms. The molecule has 0 bridgehead atoms. The van der Waals surface area contributed by atoms with Gasteiger partial charge in [-0.2, -0.15) is 0 Å². The number of hydrogen-bond acceptors (Lipinski definition) is 2. The van der Waals surface area contributed by atoms with E-state index in [0.717, 1.165) is 22.7 Å². The number of nitrogens with zero attached hydrogens (tertiary/aromatic N) is 1. The molecule has 0 radical (unpaired) electrons. The highest BCUT2D eigenvalue weighted by molar-refractivity contribution is 5.94. The first-order valence-electron chi connectivity index (χ1n) is 7.70. The van der Waals surface area contributed by atoms with Crippen molar-refractivity contribution in [3.8, 4) is 11.5 Å². The van der Waals surface area contributed by atoms with Crippen LogP contribution in [0.15, 0.2) is 83.9 Å². The maximum Gasteiger partial charge on any atom is 0.198 e. The summed E-state index contributed by atoms with van der Waals surface area (Å²) >= 11 is 0. The minimum absolute atomic E-state index is 0.331. The van der Waals surface area contributed by atoms with Crippen LogP contribution in [0.2, 0.25) is 0 Å². The van der Waals surface area contributed by atoms with Gasteiger partial charge in [0, 0.05) is 11.8 Å². The maximum atomic E-state index is 5.99. The fourth-order valence-electron chi connectivity index (χ4n) is 2.28. The number of aliphatic imine (C=N–C) groups is 1. The normalized spacial score (nSPS) is 11.1. The van der Waals surface area contributed by atoms with Gasteiger partial charge in [-0.3, -0.25) is 0 Å². The van der Waals surface area contributed by atoms with E-state index in [2.05, 4.69) is 10.3 Å². The van der Waals surface area contributed by atoms with Gasteiger partial charge in [0.25, 0.3) is 0 Å². The molecule has 0 spiro atoms. The van der Waals surface area contributed by atoms with Crippen molar-refractivity contribution in [3.63, 3.8) is 0 Å². The molecule has 0 aliphatic carbocycles. The van der Waals surface area contributed by atoms with E-state index in [4.69, 9.17) is 10.5 Å². The molecule has 3 rings (SSSR count). The first-order valence-corrected chi connectivity index (χ1v) is 7.70. The SMILES string of the molecule is Cc1cccc(NC(N)=Nc2cccc(Oc3ccccc3)c2)c1. The minimum Gasteiger partial charge on any atom is -0.457 e. The van der Waals surface area contributed by atoms with Crippen LogP contribution < -0.4 is 15.8 Å². The molecule has 3 N–H and O–H groups in total. The fourth-order valence-corrected chi connectivity index (χ4v) is 2.28. The smallest absolute Gasteiger partial charge is 0.198 e. The highest BCUT2D eigenvalue weighted by Crippen LogP contribution is 2.25. The Bertz CT molecular complexity index is 844. The molecule has 0 saturated carbocycles. The molecule has 4 nitrogen and oxygen atoms in total.